The minimum absolute atomic E-state index is 0. The zero-order valence-electron chi connectivity index (χ0n) is 4.76. The van der Waals surface area contributed by atoms with E-state index in [2.05, 4.69) is 0 Å². The van der Waals surface area contributed by atoms with Gasteiger partial charge < -0.3 is 2.85 Å². The Morgan fingerprint density at radius 2 is 1.50 bits per heavy atom. The Morgan fingerprint density at radius 1 is 1.50 bits per heavy atom. The molecule has 0 aromatic carbocycles. The van der Waals surface area contributed by atoms with Crippen LogP contribution in [0.25, 0.3) is 0 Å². The third kappa shape index (κ3) is 9.07. The van der Waals surface area contributed by atoms with Gasteiger partial charge in [0.05, 0.1) is 0 Å². The van der Waals surface area contributed by atoms with E-state index in [1.165, 1.54) is 0 Å². The maximum atomic E-state index is 8.00. The van der Waals surface area contributed by atoms with Gasteiger partial charge in [-0.1, -0.05) is 0 Å². The molecule has 0 aliphatic heterocycles. The first kappa shape index (κ1) is 16.8. The molecule has 0 rings (SSSR count). The van der Waals surface area contributed by atoms with Crippen LogP contribution in [0.5, 0.6) is 0 Å². The molecule has 1 nitrogen and oxygen atoms in total. The molecule has 0 amide bonds. The number of hydrogen-bond donors (Lipinski definition) is 0. The van der Waals surface area contributed by atoms with E-state index < -0.39 is 0 Å². The van der Waals surface area contributed by atoms with E-state index in [4.69, 9.17) is 3.83 Å². The van der Waals surface area contributed by atoms with Crippen molar-refractivity contribution < 1.29 is 71.1 Å². The van der Waals surface area contributed by atoms with E-state index in [1.54, 1.807) is 0 Å². The van der Waals surface area contributed by atoms with Gasteiger partial charge in [-0.05, 0) is 0 Å². The molecular formula is H2FeLiNaO. The quantitative estimate of drug-likeness (QED) is 0.279. The maximum absolute atomic E-state index is 8.00. The van der Waals surface area contributed by atoms with Crippen molar-refractivity contribution in [3.8, 4) is 0 Å². The monoisotopic (exact) mass is 104 g/mol. The summed E-state index contributed by atoms with van der Waals surface area (Å²) in [4.78, 5) is 0. The van der Waals surface area contributed by atoms with Gasteiger partial charge in [-0.15, -0.1) is 0 Å². The molecule has 0 aromatic rings. The second-order valence-electron chi connectivity index (χ2n) is 0. The summed E-state index contributed by atoms with van der Waals surface area (Å²) in [7, 11) is 0. The van der Waals surface area contributed by atoms with E-state index in [9.17, 15) is 0 Å². The average molecular weight is 104 g/mol. The third-order valence-corrected chi connectivity index (χ3v) is 0. The average Bonchev–Trinajstić information content (AvgIpc) is 1.00. The number of hydrogen-bond acceptors (Lipinski definition) is 1. The van der Waals surface area contributed by atoms with Crippen molar-refractivity contribution >= 4 is 0 Å². The third-order valence-electron chi connectivity index (χ3n) is 0. The van der Waals surface area contributed by atoms with Crippen LogP contribution in [0.15, 0.2) is 0 Å². The molecule has 0 aliphatic rings. The fourth-order valence-electron chi connectivity index (χ4n) is 0. The Labute approximate surface area is 70.4 Å². The molecule has 0 N–H and O–H groups in total. The second kappa shape index (κ2) is 20.5. The van der Waals surface area contributed by atoms with Crippen LogP contribution in [0.3, 0.4) is 0 Å². The van der Waals surface area contributed by atoms with Gasteiger partial charge in [-0.25, -0.2) is 0 Å². The normalized spacial score (nSPS) is 1.25. The van der Waals surface area contributed by atoms with Crippen LogP contribution in [-0.4, -0.2) is 0 Å². The molecule has 4 heteroatoms. The van der Waals surface area contributed by atoms with Crippen LogP contribution in [0, 0.1) is 0 Å². The molecule has 0 heterocycles. The van der Waals surface area contributed by atoms with Gasteiger partial charge in [0.2, 0.25) is 0 Å². The van der Waals surface area contributed by atoms with E-state index in [0.717, 1.165) is 0 Å². The summed E-state index contributed by atoms with van der Waals surface area (Å²) >= 11 is 2.00. The van der Waals surface area contributed by atoms with Gasteiger partial charge >= 0.3 is 68.2 Å². The van der Waals surface area contributed by atoms with E-state index in [-0.39, 0.29) is 51.3 Å². The molecule has 18 valence electrons. The summed E-state index contributed by atoms with van der Waals surface area (Å²) < 4.78 is 8.00. The minimum atomic E-state index is 0. The first-order chi connectivity index (χ1) is 1.00. The predicted octanol–water partition coefficient (Wildman–Crippen LogP) is -5.89. The van der Waals surface area contributed by atoms with Crippen LogP contribution in [-0.2, 0) is 19.8 Å². The van der Waals surface area contributed by atoms with Crippen molar-refractivity contribution in [2.75, 3.05) is 0 Å². The molecule has 0 saturated carbocycles. The topological polar surface area (TPSA) is 17.1 Å². The van der Waals surface area contributed by atoms with Crippen molar-refractivity contribution in [3.05, 3.63) is 0 Å². The summed E-state index contributed by atoms with van der Waals surface area (Å²) in [6, 6.07) is 0. The van der Waals surface area contributed by atoms with Crippen molar-refractivity contribution in [2.45, 2.75) is 0 Å². The van der Waals surface area contributed by atoms with Crippen molar-refractivity contribution in [1.29, 1.82) is 0 Å². The summed E-state index contributed by atoms with van der Waals surface area (Å²) in [6.07, 6.45) is 0. The van der Waals surface area contributed by atoms with Gasteiger partial charge in [-0.3, -0.25) is 0 Å². The van der Waals surface area contributed by atoms with Crippen molar-refractivity contribution in [2.24, 2.45) is 0 Å². The Balaban J connectivity index is -0.000000000833. The zero-order chi connectivity index (χ0) is 2.00. The van der Waals surface area contributed by atoms with Crippen LogP contribution >= 0.6 is 0 Å². The van der Waals surface area contributed by atoms with Crippen LogP contribution in [0.2, 0.25) is 0 Å². The molecule has 0 unspecified atom stereocenters. The Bertz CT molecular complexity index is 13.5. The first-order valence-electron chi connectivity index (χ1n) is 0.144. The second-order valence-corrected chi connectivity index (χ2v) is 0. The molecule has 0 aromatic heterocycles. The summed E-state index contributed by atoms with van der Waals surface area (Å²) in [5.74, 6) is 0. The van der Waals surface area contributed by atoms with Crippen molar-refractivity contribution in [3.63, 3.8) is 0 Å². The fraction of sp³-hybridized carbons (Fsp3) is 0. The molecule has 4 heavy (non-hydrogen) atoms. The molecule has 0 spiro atoms. The Kier molecular flexibility index (Phi) is 86.3. The fourth-order valence-corrected chi connectivity index (χ4v) is 0. The van der Waals surface area contributed by atoms with Crippen LogP contribution in [0.4, 0.5) is 0 Å². The van der Waals surface area contributed by atoms with Gasteiger partial charge in [-0.2, -0.15) is 0 Å². The molecule has 0 bridgehead atoms. The van der Waals surface area contributed by atoms with E-state index in [1.807, 2.05) is 15.9 Å². The molecule has 0 fully saturated rings. The summed E-state index contributed by atoms with van der Waals surface area (Å²) in [5.41, 5.74) is 0. The van der Waals surface area contributed by atoms with Crippen LogP contribution < -0.4 is 48.4 Å². The predicted molar refractivity (Wildman–Crippen MR) is 2.91 cm³/mol. The van der Waals surface area contributed by atoms with Crippen LogP contribution in [0.1, 0.15) is 2.85 Å². The first-order valence-corrected chi connectivity index (χ1v) is 0.595. The Morgan fingerprint density at radius 3 is 1.50 bits per heavy atom. The Hall–Kier alpha value is 1.92. The molecule has 0 atom stereocenters. The zero-order valence-corrected chi connectivity index (χ0v) is 5.87. The van der Waals surface area contributed by atoms with Gasteiger partial charge in [0.15, 0.2) is 0 Å². The van der Waals surface area contributed by atoms with Crippen molar-refractivity contribution in [1.82, 2.24) is 0 Å². The van der Waals surface area contributed by atoms with Gasteiger partial charge in [0, 0.05) is 0 Å². The summed E-state index contributed by atoms with van der Waals surface area (Å²) in [6.45, 7) is 0. The SMILES string of the molecule is [H-].[H-].[Li+].[Na+].[O]=[Fe]. The molecule has 0 radical (unpaired) electrons. The molecule has 0 saturated heterocycles. The summed E-state index contributed by atoms with van der Waals surface area (Å²) in [5, 5.41) is 0. The molecule has 0 aliphatic carbocycles. The van der Waals surface area contributed by atoms with Gasteiger partial charge in [0.25, 0.3) is 0 Å². The van der Waals surface area contributed by atoms with E-state index >= 15 is 0 Å². The standard InChI is InChI=1S/Fe.Li.Na.O.2H/q;2*+1;;2*-1. The van der Waals surface area contributed by atoms with E-state index in [0.29, 0.717) is 0 Å². The van der Waals surface area contributed by atoms with Gasteiger partial charge in [0.1, 0.15) is 0 Å². The number of rotatable bonds is 0. The molecular weight excluding hydrogens is 102 g/mol.